The summed E-state index contributed by atoms with van der Waals surface area (Å²) in [5, 5.41) is 11.6. The molecule has 0 bridgehead atoms. The zero-order chi connectivity index (χ0) is 17.9. The summed E-state index contributed by atoms with van der Waals surface area (Å²) in [5.41, 5.74) is 0.0301. The Morgan fingerprint density at radius 3 is 2.54 bits per heavy atom. The number of rotatable bonds is 11. The van der Waals surface area contributed by atoms with Gasteiger partial charge in [0.25, 0.3) is 0 Å². The third-order valence-corrected chi connectivity index (χ3v) is 3.65. The summed E-state index contributed by atoms with van der Waals surface area (Å²) >= 11 is 0. The van der Waals surface area contributed by atoms with E-state index in [0.29, 0.717) is 18.9 Å². The number of unbranched alkanes of at least 4 members (excludes halogenated alkanes) is 4. The average molecular weight is 339 g/mol. The van der Waals surface area contributed by atoms with Gasteiger partial charge in [0, 0.05) is 6.07 Å². The average Bonchev–Trinajstić information content (AvgIpc) is 2.52. The van der Waals surface area contributed by atoms with Crippen molar-refractivity contribution in [1.82, 2.24) is 5.32 Å². The second kappa shape index (κ2) is 10.5. The molecule has 0 saturated carbocycles. The molecule has 0 aromatic heterocycles. The van der Waals surface area contributed by atoms with Crippen LogP contribution in [0.25, 0.3) is 0 Å². The lowest BCUT2D eigenvalue weighted by atomic mass is 10.1. The number of amides is 1. The molecule has 0 aliphatic heterocycles. The van der Waals surface area contributed by atoms with Crippen LogP contribution in [0.5, 0.6) is 0 Å². The molecule has 24 heavy (non-hydrogen) atoms. The minimum absolute atomic E-state index is 0.0301. The van der Waals surface area contributed by atoms with E-state index in [0.717, 1.165) is 31.7 Å². The predicted molar refractivity (Wildman–Crippen MR) is 87.5 cm³/mol. The summed E-state index contributed by atoms with van der Waals surface area (Å²) in [4.78, 5) is 23.1. The van der Waals surface area contributed by atoms with Crippen LogP contribution in [-0.2, 0) is 16.0 Å². The minimum Gasteiger partial charge on any atom is -0.480 e. The van der Waals surface area contributed by atoms with Crippen LogP contribution in [0.4, 0.5) is 8.78 Å². The van der Waals surface area contributed by atoms with Crippen molar-refractivity contribution in [1.29, 1.82) is 0 Å². The molecule has 0 fully saturated rings. The number of benzene rings is 1. The Morgan fingerprint density at radius 2 is 1.92 bits per heavy atom. The molecule has 4 nitrogen and oxygen atoms in total. The van der Waals surface area contributed by atoms with Crippen molar-refractivity contribution in [3.05, 3.63) is 48.1 Å². The Hall–Kier alpha value is -2.24. The molecule has 0 radical (unpaired) electrons. The van der Waals surface area contributed by atoms with Crippen LogP contribution in [-0.4, -0.2) is 23.0 Å². The Bertz CT molecular complexity index is 575. The highest BCUT2D eigenvalue weighted by Gasteiger charge is 2.20. The van der Waals surface area contributed by atoms with Crippen LogP contribution in [0.15, 0.2) is 30.9 Å². The number of carboxylic acids is 1. The number of allylic oxidation sites excluding steroid dienone is 1. The van der Waals surface area contributed by atoms with Crippen molar-refractivity contribution < 1.29 is 23.5 Å². The van der Waals surface area contributed by atoms with Crippen molar-refractivity contribution in [2.75, 3.05) is 0 Å². The number of carbonyl (C=O) groups is 2. The smallest absolute Gasteiger partial charge is 0.326 e. The molecular weight excluding hydrogens is 316 g/mol. The van der Waals surface area contributed by atoms with E-state index in [1.165, 1.54) is 6.07 Å². The van der Waals surface area contributed by atoms with Gasteiger partial charge < -0.3 is 10.4 Å². The lowest BCUT2D eigenvalue weighted by Gasteiger charge is -2.14. The molecule has 0 spiro atoms. The normalized spacial score (nSPS) is 11.8. The molecule has 6 heteroatoms. The maximum absolute atomic E-state index is 13.5. The van der Waals surface area contributed by atoms with Crippen LogP contribution in [0.1, 0.15) is 44.1 Å². The predicted octanol–water partition coefficient (Wildman–Crippen LogP) is 3.60. The molecule has 1 aromatic rings. The second-order valence-corrected chi connectivity index (χ2v) is 5.65. The fourth-order valence-electron chi connectivity index (χ4n) is 2.33. The van der Waals surface area contributed by atoms with E-state index in [9.17, 15) is 18.4 Å². The summed E-state index contributed by atoms with van der Waals surface area (Å²) in [5.74, 6) is -3.26. The summed E-state index contributed by atoms with van der Waals surface area (Å²) in [6.07, 6.45) is 6.32. The number of aliphatic carboxylic acids is 1. The van der Waals surface area contributed by atoms with Gasteiger partial charge in [0.05, 0.1) is 6.42 Å². The molecule has 132 valence electrons. The van der Waals surface area contributed by atoms with Crippen LogP contribution < -0.4 is 5.32 Å². The van der Waals surface area contributed by atoms with Crippen molar-refractivity contribution >= 4 is 11.9 Å². The highest BCUT2D eigenvalue weighted by Crippen LogP contribution is 2.11. The Morgan fingerprint density at radius 1 is 1.21 bits per heavy atom. The number of halogens is 2. The van der Waals surface area contributed by atoms with Crippen LogP contribution in [0.2, 0.25) is 0 Å². The minimum atomic E-state index is -1.12. The van der Waals surface area contributed by atoms with E-state index >= 15 is 0 Å². The summed E-state index contributed by atoms with van der Waals surface area (Å²) in [6.45, 7) is 3.64. The summed E-state index contributed by atoms with van der Waals surface area (Å²) < 4.78 is 26.3. The summed E-state index contributed by atoms with van der Waals surface area (Å²) in [7, 11) is 0. The van der Waals surface area contributed by atoms with E-state index < -0.39 is 29.6 Å². The highest BCUT2D eigenvalue weighted by atomic mass is 19.1. The number of carbonyl (C=O) groups excluding carboxylic acids is 1. The van der Waals surface area contributed by atoms with Gasteiger partial charge >= 0.3 is 5.97 Å². The molecule has 1 rings (SSSR count). The van der Waals surface area contributed by atoms with Crippen molar-refractivity contribution in [3.63, 3.8) is 0 Å². The first-order valence-corrected chi connectivity index (χ1v) is 8.01. The topological polar surface area (TPSA) is 66.4 Å². The van der Waals surface area contributed by atoms with Crippen molar-refractivity contribution in [2.24, 2.45) is 0 Å². The molecule has 1 amide bonds. The van der Waals surface area contributed by atoms with Gasteiger partial charge in [0.2, 0.25) is 5.91 Å². The number of nitrogens with one attached hydrogen (secondary N) is 1. The molecule has 1 aromatic carbocycles. The van der Waals surface area contributed by atoms with Crippen LogP contribution in [0, 0.1) is 11.6 Å². The zero-order valence-electron chi connectivity index (χ0n) is 13.6. The van der Waals surface area contributed by atoms with Crippen molar-refractivity contribution in [3.8, 4) is 0 Å². The first-order valence-electron chi connectivity index (χ1n) is 8.01. The molecule has 0 heterocycles. The molecule has 0 aliphatic rings. The van der Waals surface area contributed by atoms with Gasteiger partial charge in [-0.1, -0.05) is 31.4 Å². The largest absolute Gasteiger partial charge is 0.480 e. The quantitative estimate of drug-likeness (QED) is 0.478. The monoisotopic (exact) mass is 339 g/mol. The maximum atomic E-state index is 13.5. The fraction of sp³-hybridized carbons (Fsp3) is 0.444. The number of carboxylic acid groups (broad SMARTS) is 1. The van der Waals surface area contributed by atoms with Gasteiger partial charge in [0.1, 0.15) is 17.7 Å². The SMILES string of the molecule is C=CCCCCCC[C@H](NC(=O)Cc1ccc(F)cc1F)C(=O)O. The van der Waals surface area contributed by atoms with E-state index in [1.807, 2.05) is 6.08 Å². The van der Waals surface area contributed by atoms with Gasteiger partial charge in [-0.25, -0.2) is 13.6 Å². The molecule has 2 N–H and O–H groups in total. The number of hydrogen-bond acceptors (Lipinski definition) is 2. The van der Waals surface area contributed by atoms with Crippen molar-refractivity contribution in [2.45, 2.75) is 51.0 Å². The fourth-order valence-corrected chi connectivity index (χ4v) is 2.33. The molecule has 0 saturated heterocycles. The first kappa shape index (κ1) is 19.8. The van der Waals surface area contributed by atoms with E-state index in [4.69, 9.17) is 5.11 Å². The molecule has 1 atom stereocenters. The van der Waals surface area contributed by atoms with Gasteiger partial charge in [-0.3, -0.25) is 4.79 Å². The maximum Gasteiger partial charge on any atom is 0.326 e. The third kappa shape index (κ3) is 7.35. The lowest BCUT2D eigenvalue weighted by molar-refractivity contribution is -0.142. The van der Waals surface area contributed by atoms with Crippen LogP contribution in [0.3, 0.4) is 0 Å². The van der Waals surface area contributed by atoms with Gasteiger partial charge in [-0.05, 0) is 30.9 Å². The van der Waals surface area contributed by atoms with Crippen LogP contribution >= 0.6 is 0 Å². The highest BCUT2D eigenvalue weighted by molar-refractivity contribution is 5.84. The van der Waals surface area contributed by atoms with Gasteiger partial charge in [0.15, 0.2) is 0 Å². The van der Waals surface area contributed by atoms with Gasteiger partial charge in [-0.2, -0.15) is 0 Å². The third-order valence-electron chi connectivity index (χ3n) is 3.65. The molecule has 0 aliphatic carbocycles. The Kier molecular flexibility index (Phi) is 8.68. The summed E-state index contributed by atoms with van der Waals surface area (Å²) in [6, 6.07) is 1.93. The zero-order valence-corrected chi connectivity index (χ0v) is 13.6. The standard InChI is InChI=1S/C18H23F2NO3/c1-2-3-4-5-6-7-8-16(18(23)24)21-17(22)11-13-9-10-14(19)12-15(13)20/h2,9-10,12,16H,1,3-8,11H2,(H,21,22)(H,23,24)/t16-/m0/s1. The lowest BCUT2D eigenvalue weighted by Crippen LogP contribution is -2.41. The van der Waals surface area contributed by atoms with E-state index in [2.05, 4.69) is 11.9 Å². The molecular formula is C18H23F2NO3. The Labute approximate surface area is 140 Å². The first-order chi connectivity index (χ1) is 11.4. The van der Waals surface area contributed by atoms with Gasteiger partial charge in [-0.15, -0.1) is 6.58 Å². The second-order valence-electron chi connectivity index (χ2n) is 5.65. The molecule has 0 unspecified atom stereocenters. The van der Waals surface area contributed by atoms with E-state index in [1.54, 1.807) is 0 Å². The Balaban J connectivity index is 2.44. The number of hydrogen-bond donors (Lipinski definition) is 2. The van der Waals surface area contributed by atoms with E-state index in [-0.39, 0.29) is 12.0 Å².